The number of ether oxygens (including phenoxy) is 2. The van der Waals surface area contributed by atoms with E-state index >= 15 is 0 Å². The quantitative estimate of drug-likeness (QED) is 0.526. The van der Waals surface area contributed by atoms with Crippen LogP contribution >= 0.6 is 0 Å². The maximum Gasteiger partial charge on any atom is 0.0966 e. The zero-order valence-electron chi connectivity index (χ0n) is 14.9. The van der Waals surface area contributed by atoms with E-state index in [2.05, 4.69) is 28.4 Å². The molecule has 0 aromatic heterocycles. The van der Waals surface area contributed by atoms with Crippen molar-refractivity contribution in [2.24, 2.45) is 5.92 Å². The van der Waals surface area contributed by atoms with Crippen molar-refractivity contribution < 1.29 is 9.47 Å². The fourth-order valence-corrected chi connectivity index (χ4v) is 5.09. The van der Waals surface area contributed by atoms with E-state index in [-0.39, 0.29) is 0 Å². The number of hydrogen-bond acceptors (Lipinski definition) is 6. The lowest BCUT2D eigenvalue weighted by Gasteiger charge is -2.39. The Hall–Kier alpha value is -0.240. The van der Waals surface area contributed by atoms with Crippen LogP contribution in [0, 0.1) is 5.92 Å². The maximum atomic E-state index is 6.37. The van der Waals surface area contributed by atoms with Crippen LogP contribution in [0.25, 0.3) is 0 Å². The summed E-state index contributed by atoms with van der Waals surface area (Å²) in [5, 5.41) is 7.26. The second-order valence-corrected chi connectivity index (χ2v) is 8.17. The minimum Gasteiger partial charge on any atom is -0.375 e. The van der Waals surface area contributed by atoms with Crippen LogP contribution in [0.15, 0.2) is 0 Å². The Morgan fingerprint density at radius 1 is 0.958 bits per heavy atom. The normalized spacial score (nSPS) is 47.6. The van der Waals surface area contributed by atoms with E-state index in [4.69, 9.17) is 9.47 Å². The summed E-state index contributed by atoms with van der Waals surface area (Å²) in [7, 11) is 0. The number of fused-ring (bicyclic) bond motifs is 4. The van der Waals surface area contributed by atoms with Crippen molar-refractivity contribution in [3.8, 4) is 0 Å². The second kappa shape index (κ2) is 7.98. The molecule has 0 radical (unpaired) electrons. The van der Waals surface area contributed by atoms with E-state index in [1.807, 2.05) is 0 Å². The molecule has 6 nitrogen and oxygen atoms in total. The topological polar surface area (TPSA) is 66.6 Å². The molecular formula is C18H34N4O2. The average molecular weight is 338 g/mol. The highest BCUT2D eigenvalue weighted by Gasteiger charge is 2.44. The Balaban J connectivity index is 1.46. The van der Waals surface area contributed by atoms with Crippen molar-refractivity contribution in [2.75, 3.05) is 19.9 Å². The Kier molecular flexibility index (Phi) is 5.71. The van der Waals surface area contributed by atoms with Gasteiger partial charge < -0.3 is 14.8 Å². The van der Waals surface area contributed by atoms with E-state index < -0.39 is 0 Å². The molecule has 4 bridgehead atoms. The minimum atomic E-state index is 0.322. The fourth-order valence-electron chi connectivity index (χ4n) is 5.09. The first-order valence-electron chi connectivity index (χ1n) is 10.0. The third-order valence-electron chi connectivity index (χ3n) is 6.37. The first kappa shape index (κ1) is 17.2. The molecule has 6 unspecified atom stereocenters. The lowest BCUT2D eigenvalue weighted by atomic mass is 9.76. The van der Waals surface area contributed by atoms with Crippen molar-refractivity contribution >= 4 is 0 Å². The molecule has 1 saturated carbocycles. The van der Waals surface area contributed by atoms with Gasteiger partial charge in [-0.1, -0.05) is 6.42 Å². The molecule has 138 valence electrons. The maximum absolute atomic E-state index is 6.37. The van der Waals surface area contributed by atoms with E-state index in [0.29, 0.717) is 49.0 Å². The molecule has 6 heteroatoms. The van der Waals surface area contributed by atoms with Gasteiger partial charge >= 0.3 is 0 Å². The summed E-state index contributed by atoms with van der Waals surface area (Å²) < 4.78 is 12.2. The molecule has 7 atom stereocenters. The molecule has 3 aliphatic heterocycles. The standard InChI is InChI=1S/C18H34N4O2/c1-12-7-8-19-11-23-10-13-3-2-4-17(20-13)18-15-9-14(24-12)5-6-16(15)21-22-18/h12-22H,2-11H2,1H3/t12-,13?,14?,15?,16?,17?,18?/m1/s1. The second-order valence-electron chi connectivity index (χ2n) is 8.17. The fraction of sp³-hybridized carbons (Fsp3) is 1.00. The molecule has 4 fully saturated rings. The van der Waals surface area contributed by atoms with Crippen molar-refractivity contribution in [2.45, 2.75) is 88.2 Å². The summed E-state index contributed by atoms with van der Waals surface area (Å²) in [6, 6.07) is 2.17. The summed E-state index contributed by atoms with van der Waals surface area (Å²) in [5.41, 5.74) is 7.20. The van der Waals surface area contributed by atoms with Crippen LogP contribution in [-0.4, -0.2) is 56.3 Å². The third-order valence-corrected chi connectivity index (χ3v) is 6.37. The van der Waals surface area contributed by atoms with Crippen LogP contribution in [-0.2, 0) is 9.47 Å². The van der Waals surface area contributed by atoms with E-state index in [1.165, 1.54) is 38.5 Å². The average Bonchev–Trinajstić information content (AvgIpc) is 3.01. The smallest absolute Gasteiger partial charge is 0.0966 e. The molecule has 0 aromatic carbocycles. The van der Waals surface area contributed by atoms with Gasteiger partial charge in [-0.3, -0.25) is 16.2 Å². The van der Waals surface area contributed by atoms with Gasteiger partial charge in [-0.05, 0) is 57.9 Å². The molecule has 4 N–H and O–H groups in total. The van der Waals surface area contributed by atoms with Crippen molar-refractivity contribution in [1.29, 1.82) is 0 Å². The number of hydrazine groups is 1. The number of piperidine rings is 1. The molecule has 24 heavy (non-hydrogen) atoms. The Bertz CT molecular complexity index is 410. The molecule has 3 heterocycles. The zero-order chi connectivity index (χ0) is 16.4. The SMILES string of the molecule is C[C@@H]1CCNCOCC2CCCC(N2)C2NNC3CCC(CC32)O1. The zero-order valence-corrected chi connectivity index (χ0v) is 14.9. The highest BCUT2D eigenvalue weighted by atomic mass is 16.5. The molecular weight excluding hydrogens is 304 g/mol. The lowest BCUT2D eigenvalue weighted by Crippen LogP contribution is -2.56. The van der Waals surface area contributed by atoms with Gasteiger partial charge in [0.1, 0.15) is 0 Å². The summed E-state index contributed by atoms with van der Waals surface area (Å²) in [5.74, 6) is 0.677. The molecule has 3 saturated heterocycles. The van der Waals surface area contributed by atoms with Gasteiger partial charge in [-0.25, -0.2) is 0 Å². The van der Waals surface area contributed by atoms with Crippen LogP contribution in [0.1, 0.15) is 51.9 Å². The number of nitrogens with one attached hydrogen (secondary N) is 4. The Labute approximate surface area is 145 Å². The summed E-state index contributed by atoms with van der Waals surface area (Å²) in [4.78, 5) is 0. The number of hydrogen-bond donors (Lipinski definition) is 4. The van der Waals surface area contributed by atoms with Gasteiger partial charge in [0.15, 0.2) is 0 Å². The van der Waals surface area contributed by atoms with Gasteiger partial charge in [0.05, 0.1) is 25.5 Å². The minimum absolute atomic E-state index is 0.322. The summed E-state index contributed by atoms with van der Waals surface area (Å²) >= 11 is 0. The van der Waals surface area contributed by atoms with Gasteiger partial charge in [0, 0.05) is 24.2 Å². The van der Waals surface area contributed by atoms with Crippen LogP contribution < -0.4 is 21.5 Å². The molecule has 0 aromatic rings. The van der Waals surface area contributed by atoms with Gasteiger partial charge in [-0.2, -0.15) is 0 Å². The van der Waals surface area contributed by atoms with Crippen molar-refractivity contribution in [3.05, 3.63) is 0 Å². The molecule has 0 spiro atoms. The van der Waals surface area contributed by atoms with Gasteiger partial charge in [-0.15, -0.1) is 0 Å². The van der Waals surface area contributed by atoms with Crippen LogP contribution in [0.4, 0.5) is 0 Å². The lowest BCUT2D eigenvalue weighted by molar-refractivity contribution is -0.0394. The van der Waals surface area contributed by atoms with E-state index in [9.17, 15) is 0 Å². The van der Waals surface area contributed by atoms with Crippen LogP contribution in [0.2, 0.25) is 0 Å². The van der Waals surface area contributed by atoms with Gasteiger partial charge in [0.25, 0.3) is 0 Å². The predicted octanol–water partition coefficient (Wildman–Crippen LogP) is 0.883. The van der Waals surface area contributed by atoms with Gasteiger partial charge in [0.2, 0.25) is 0 Å². The van der Waals surface area contributed by atoms with E-state index in [1.54, 1.807) is 0 Å². The molecule has 4 aliphatic rings. The first-order chi connectivity index (χ1) is 11.8. The monoisotopic (exact) mass is 338 g/mol. The predicted molar refractivity (Wildman–Crippen MR) is 93.5 cm³/mol. The van der Waals surface area contributed by atoms with Crippen LogP contribution in [0.5, 0.6) is 0 Å². The van der Waals surface area contributed by atoms with Crippen molar-refractivity contribution in [1.82, 2.24) is 21.5 Å². The van der Waals surface area contributed by atoms with E-state index in [0.717, 1.165) is 19.6 Å². The molecule has 0 amide bonds. The number of rotatable bonds is 0. The summed E-state index contributed by atoms with van der Waals surface area (Å²) in [6.45, 7) is 4.63. The summed E-state index contributed by atoms with van der Waals surface area (Å²) in [6.07, 6.45) is 9.18. The largest absolute Gasteiger partial charge is 0.375 e. The Morgan fingerprint density at radius 2 is 1.92 bits per heavy atom. The van der Waals surface area contributed by atoms with Crippen molar-refractivity contribution in [3.63, 3.8) is 0 Å². The highest BCUT2D eigenvalue weighted by molar-refractivity contribution is 5.02. The highest BCUT2D eigenvalue weighted by Crippen LogP contribution is 2.35. The third kappa shape index (κ3) is 3.94. The Morgan fingerprint density at radius 3 is 2.88 bits per heavy atom. The first-order valence-corrected chi connectivity index (χ1v) is 10.0. The van der Waals surface area contributed by atoms with Crippen LogP contribution in [0.3, 0.4) is 0 Å². The molecule has 4 rings (SSSR count). The molecule has 1 aliphatic carbocycles.